The molecule has 3 rings (SSSR count). The summed E-state index contributed by atoms with van der Waals surface area (Å²) in [6, 6.07) is 8.29. The number of amides is 1. The molecule has 0 saturated heterocycles. The minimum atomic E-state index is -0.845. The number of aliphatic hydroxyl groups is 1. The molecule has 0 aromatic heterocycles. The topological polar surface area (TPSA) is 75.6 Å². The van der Waals surface area contributed by atoms with Gasteiger partial charge >= 0.3 is 5.97 Å². The Morgan fingerprint density at radius 1 is 1.22 bits per heavy atom. The molecule has 2 unspecified atom stereocenters. The molecule has 2 aromatic rings. The number of methoxy groups -OCH3 is 1. The van der Waals surface area contributed by atoms with Crippen LogP contribution in [0.1, 0.15) is 22.3 Å². The van der Waals surface area contributed by atoms with Crippen LogP contribution < -0.4 is 5.32 Å². The second-order valence-corrected chi connectivity index (χ2v) is 6.46. The lowest BCUT2D eigenvalue weighted by atomic mass is 9.98. The summed E-state index contributed by atoms with van der Waals surface area (Å²) in [4.78, 5) is 23.8. The van der Waals surface area contributed by atoms with E-state index < -0.39 is 17.6 Å². The molecule has 27 heavy (non-hydrogen) atoms. The van der Waals surface area contributed by atoms with Gasteiger partial charge in [-0.1, -0.05) is 24.3 Å². The highest BCUT2D eigenvalue weighted by Crippen LogP contribution is 2.38. The first-order valence-electron chi connectivity index (χ1n) is 8.50. The third-order valence-corrected chi connectivity index (χ3v) is 4.71. The molecule has 5 nitrogen and oxygen atoms in total. The number of nitrogens with one attached hydrogen (secondary N) is 1. The number of carbonyl (C=O) groups excluding carboxylic acids is 2. The molecule has 1 aliphatic carbocycles. The molecule has 0 heterocycles. The minimum Gasteiger partial charge on any atom is -0.465 e. The number of rotatable bonds is 6. The second-order valence-electron chi connectivity index (χ2n) is 6.46. The van der Waals surface area contributed by atoms with Gasteiger partial charge in [0.1, 0.15) is 17.2 Å². The average Bonchev–Trinajstić information content (AvgIpc) is 3.46. The Morgan fingerprint density at radius 3 is 2.63 bits per heavy atom. The van der Waals surface area contributed by atoms with E-state index in [2.05, 4.69) is 10.1 Å². The normalized spacial score (nSPS) is 18.1. The smallest absolute Gasteiger partial charge is 0.341 e. The summed E-state index contributed by atoms with van der Waals surface area (Å²) < 4.78 is 33.1. The predicted molar refractivity (Wildman–Crippen MR) is 93.7 cm³/mol. The van der Waals surface area contributed by atoms with Crippen LogP contribution in [-0.4, -0.2) is 30.7 Å². The predicted octanol–water partition coefficient (Wildman–Crippen LogP) is 2.66. The van der Waals surface area contributed by atoms with E-state index in [4.69, 9.17) is 5.11 Å². The molecule has 1 aliphatic rings. The van der Waals surface area contributed by atoms with Gasteiger partial charge in [-0.25, -0.2) is 13.6 Å². The zero-order chi connectivity index (χ0) is 19.6. The maximum absolute atomic E-state index is 14.5. The highest BCUT2D eigenvalue weighted by Gasteiger charge is 2.42. The molecule has 0 aliphatic heterocycles. The highest BCUT2D eigenvalue weighted by atomic mass is 19.1. The molecule has 1 saturated carbocycles. The van der Waals surface area contributed by atoms with Crippen molar-refractivity contribution < 1.29 is 28.2 Å². The van der Waals surface area contributed by atoms with Gasteiger partial charge in [-0.2, -0.15) is 0 Å². The lowest BCUT2D eigenvalue weighted by Crippen LogP contribution is -2.25. The second kappa shape index (κ2) is 7.84. The molecule has 0 spiro atoms. The van der Waals surface area contributed by atoms with Gasteiger partial charge in [0, 0.05) is 24.6 Å². The van der Waals surface area contributed by atoms with Crippen molar-refractivity contribution in [2.24, 2.45) is 11.8 Å². The molecule has 0 bridgehead atoms. The van der Waals surface area contributed by atoms with Crippen molar-refractivity contribution in [3.63, 3.8) is 0 Å². The molecule has 2 N–H and O–H groups in total. The Kier molecular flexibility index (Phi) is 5.51. The van der Waals surface area contributed by atoms with E-state index in [1.807, 2.05) is 0 Å². The quantitative estimate of drug-likeness (QED) is 0.762. The van der Waals surface area contributed by atoms with E-state index in [-0.39, 0.29) is 47.6 Å². The van der Waals surface area contributed by atoms with Crippen LogP contribution in [0.3, 0.4) is 0 Å². The summed E-state index contributed by atoms with van der Waals surface area (Å²) in [6.45, 7) is -0.0239. The van der Waals surface area contributed by atoms with Crippen molar-refractivity contribution in [2.45, 2.75) is 13.0 Å². The van der Waals surface area contributed by atoms with Gasteiger partial charge in [-0.3, -0.25) is 4.79 Å². The van der Waals surface area contributed by atoms with Crippen LogP contribution in [-0.2, 0) is 16.1 Å². The SMILES string of the molecule is COC(=O)c1c(F)cccc1-c1ccc(CNC(=O)C2CC2CO)c(F)c1. The third-order valence-electron chi connectivity index (χ3n) is 4.71. The van der Waals surface area contributed by atoms with E-state index in [0.29, 0.717) is 12.0 Å². The molecule has 2 aromatic carbocycles. The van der Waals surface area contributed by atoms with E-state index in [1.54, 1.807) is 6.07 Å². The van der Waals surface area contributed by atoms with E-state index in [0.717, 1.165) is 13.2 Å². The lowest BCUT2D eigenvalue weighted by Gasteiger charge is -2.11. The lowest BCUT2D eigenvalue weighted by molar-refractivity contribution is -0.122. The van der Waals surface area contributed by atoms with Gasteiger partial charge in [0.25, 0.3) is 0 Å². The van der Waals surface area contributed by atoms with Crippen molar-refractivity contribution in [1.29, 1.82) is 0 Å². The van der Waals surface area contributed by atoms with Gasteiger partial charge < -0.3 is 15.2 Å². The monoisotopic (exact) mass is 375 g/mol. The van der Waals surface area contributed by atoms with Crippen LogP contribution in [0, 0.1) is 23.5 Å². The molecule has 1 amide bonds. The fourth-order valence-corrected chi connectivity index (χ4v) is 3.02. The van der Waals surface area contributed by atoms with Crippen LogP contribution in [0.15, 0.2) is 36.4 Å². The first-order valence-corrected chi connectivity index (χ1v) is 8.50. The van der Waals surface area contributed by atoms with Crippen molar-refractivity contribution in [3.05, 3.63) is 59.2 Å². The Morgan fingerprint density at radius 2 is 2.00 bits per heavy atom. The zero-order valence-electron chi connectivity index (χ0n) is 14.7. The van der Waals surface area contributed by atoms with Crippen LogP contribution in [0.4, 0.5) is 8.78 Å². The fraction of sp³-hybridized carbons (Fsp3) is 0.300. The minimum absolute atomic E-state index is 0.00655. The van der Waals surface area contributed by atoms with Gasteiger partial charge in [-0.15, -0.1) is 0 Å². The summed E-state index contributed by atoms with van der Waals surface area (Å²) in [5.74, 6) is -2.62. The number of esters is 1. The maximum Gasteiger partial charge on any atom is 0.341 e. The first-order chi connectivity index (χ1) is 13.0. The maximum atomic E-state index is 14.5. The number of aliphatic hydroxyl groups excluding tert-OH is 1. The summed E-state index contributed by atoms with van der Waals surface area (Å²) in [5, 5.41) is 11.6. The molecule has 7 heteroatoms. The first kappa shape index (κ1) is 19.0. The largest absolute Gasteiger partial charge is 0.465 e. The van der Waals surface area contributed by atoms with Gasteiger partial charge in [0.15, 0.2) is 0 Å². The molecule has 142 valence electrons. The van der Waals surface area contributed by atoms with Crippen molar-refractivity contribution in [3.8, 4) is 11.1 Å². The number of hydrogen-bond donors (Lipinski definition) is 2. The fourth-order valence-electron chi connectivity index (χ4n) is 3.02. The van der Waals surface area contributed by atoms with E-state index in [1.165, 1.54) is 24.3 Å². The molecular weight excluding hydrogens is 356 g/mol. The Balaban J connectivity index is 1.79. The van der Waals surface area contributed by atoms with E-state index in [9.17, 15) is 18.4 Å². The average molecular weight is 375 g/mol. The summed E-state index contributed by atoms with van der Waals surface area (Å²) >= 11 is 0. The van der Waals surface area contributed by atoms with Crippen molar-refractivity contribution in [2.75, 3.05) is 13.7 Å². The summed E-state index contributed by atoms with van der Waals surface area (Å²) in [6.07, 6.45) is 0.639. The van der Waals surface area contributed by atoms with Gasteiger partial charge in [0.2, 0.25) is 5.91 Å². The van der Waals surface area contributed by atoms with Gasteiger partial charge in [0.05, 0.1) is 7.11 Å². The Bertz CT molecular complexity index is 884. The number of halogens is 2. The van der Waals surface area contributed by atoms with Crippen LogP contribution in [0.5, 0.6) is 0 Å². The highest BCUT2D eigenvalue weighted by molar-refractivity contribution is 5.97. The number of carbonyl (C=O) groups is 2. The summed E-state index contributed by atoms with van der Waals surface area (Å²) in [5.41, 5.74) is 0.554. The van der Waals surface area contributed by atoms with Crippen LogP contribution >= 0.6 is 0 Å². The summed E-state index contributed by atoms with van der Waals surface area (Å²) in [7, 11) is 1.14. The Hall–Kier alpha value is -2.80. The molecule has 2 atom stereocenters. The number of benzene rings is 2. The zero-order valence-corrected chi connectivity index (χ0v) is 14.7. The number of hydrogen-bond acceptors (Lipinski definition) is 4. The van der Waals surface area contributed by atoms with Crippen molar-refractivity contribution >= 4 is 11.9 Å². The molecular formula is C20H19F2NO4. The Labute approximate surface area is 155 Å². The van der Waals surface area contributed by atoms with Gasteiger partial charge in [-0.05, 0) is 35.6 Å². The van der Waals surface area contributed by atoms with Crippen molar-refractivity contribution in [1.82, 2.24) is 5.32 Å². The van der Waals surface area contributed by atoms with Crippen LogP contribution in [0.25, 0.3) is 11.1 Å². The van der Waals surface area contributed by atoms with E-state index >= 15 is 0 Å². The molecule has 0 radical (unpaired) electrons. The standard InChI is InChI=1S/C20H19F2NO4/c1-27-20(26)18-14(3-2-4-16(18)21)11-5-6-12(17(22)8-11)9-23-19(25)15-7-13(15)10-24/h2-6,8,13,15,24H,7,9-10H2,1H3,(H,23,25). The third kappa shape index (κ3) is 3.98. The number of ether oxygens (including phenoxy) is 1. The molecule has 1 fully saturated rings. The van der Waals surface area contributed by atoms with Crippen LogP contribution in [0.2, 0.25) is 0 Å².